The number of nitrogens with one attached hydrogen (secondary N) is 1. The van der Waals surface area contributed by atoms with E-state index >= 15 is 0 Å². The van der Waals surface area contributed by atoms with Crippen molar-refractivity contribution in [3.8, 4) is 0 Å². The van der Waals surface area contributed by atoms with Crippen LogP contribution in [0.5, 0.6) is 0 Å². The van der Waals surface area contributed by atoms with Gasteiger partial charge < -0.3 is 24.6 Å². The number of aromatic nitrogens is 1. The molecule has 0 unspecified atom stereocenters. The molecule has 36 heavy (non-hydrogen) atoms. The van der Waals surface area contributed by atoms with Crippen molar-refractivity contribution in [2.75, 3.05) is 38.3 Å². The number of methoxy groups -OCH3 is 1. The standard InChI is InChI=1S/C26H35F3N4O3/c1-16(2)25(7-4-18(12-25)31-21-6-9-36-15-22(21)35-3)24(34)33-14-19-11-20(33)13-32(19)23-10-17(5-8-30-23)26(27,28)29/h4-5,7-8,10,16,18-22,31H,6,9,11-15H2,1-3H3/t18-,19+,20+,21+,22-,25+/m1/s1. The Bertz CT molecular complexity index is 1000. The van der Waals surface area contributed by atoms with Gasteiger partial charge >= 0.3 is 6.18 Å². The SMILES string of the molecule is CO[C@@H]1COCC[C@@H]1N[C@@H]1C=C[C@@](C(=O)N2C[C@@H]3C[C@H]2CN3c2cc(C(F)(F)F)ccn2)(C(C)C)C1. The summed E-state index contributed by atoms with van der Waals surface area (Å²) in [4.78, 5) is 22.1. The topological polar surface area (TPSA) is 66.9 Å². The molecule has 1 aromatic heterocycles. The van der Waals surface area contributed by atoms with E-state index in [1.807, 2.05) is 9.80 Å². The van der Waals surface area contributed by atoms with Crippen molar-refractivity contribution in [1.29, 1.82) is 0 Å². The van der Waals surface area contributed by atoms with Crippen LogP contribution < -0.4 is 10.2 Å². The normalized spacial score (nSPS) is 34.2. The maximum absolute atomic E-state index is 14.0. The van der Waals surface area contributed by atoms with Crippen LogP contribution in [0.2, 0.25) is 0 Å². The minimum absolute atomic E-state index is 0.0124. The summed E-state index contributed by atoms with van der Waals surface area (Å²) >= 11 is 0. The first-order chi connectivity index (χ1) is 17.1. The first-order valence-electron chi connectivity index (χ1n) is 12.8. The van der Waals surface area contributed by atoms with E-state index in [0.717, 1.165) is 25.0 Å². The van der Waals surface area contributed by atoms with Gasteiger partial charge in [0.1, 0.15) is 5.82 Å². The van der Waals surface area contributed by atoms with Crippen LogP contribution in [0.4, 0.5) is 19.0 Å². The summed E-state index contributed by atoms with van der Waals surface area (Å²) in [7, 11) is 1.70. The number of pyridine rings is 1. The zero-order chi connectivity index (χ0) is 25.7. The van der Waals surface area contributed by atoms with E-state index in [1.165, 1.54) is 6.20 Å². The minimum atomic E-state index is -4.41. The lowest BCUT2D eigenvalue weighted by Crippen LogP contribution is -2.55. The maximum atomic E-state index is 14.0. The Kier molecular flexibility index (Phi) is 6.80. The molecule has 0 aromatic carbocycles. The third-order valence-corrected chi connectivity index (χ3v) is 8.52. The summed E-state index contributed by atoms with van der Waals surface area (Å²) in [5.74, 6) is 0.566. The molecule has 0 radical (unpaired) electrons. The molecule has 3 saturated heterocycles. The number of alkyl halides is 3. The highest BCUT2D eigenvalue weighted by Crippen LogP contribution is 2.45. The fourth-order valence-electron chi connectivity index (χ4n) is 6.36. The monoisotopic (exact) mass is 508 g/mol. The molecule has 1 aromatic rings. The van der Waals surface area contributed by atoms with E-state index in [4.69, 9.17) is 9.47 Å². The molecular weight excluding hydrogens is 473 g/mol. The summed E-state index contributed by atoms with van der Waals surface area (Å²) in [5, 5.41) is 3.68. The van der Waals surface area contributed by atoms with Crippen LogP contribution in [0, 0.1) is 11.3 Å². The number of piperazine rings is 1. The number of likely N-dealkylation sites (tertiary alicyclic amines) is 1. The summed E-state index contributed by atoms with van der Waals surface area (Å²) in [6.45, 7) is 6.44. The van der Waals surface area contributed by atoms with Crippen molar-refractivity contribution in [3.63, 3.8) is 0 Å². The van der Waals surface area contributed by atoms with Crippen molar-refractivity contribution in [1.82, 2.24) is 15.2 Å². The smallest absolute Gasteiger partial charge is 0.379 e. The van der Waals surface area contributed by atoms with Crippen molar-refractivity contribution in [3.05, 3.63) is 36.0 Å². The van der Waals surface area contributed by atoms with Gasteiger partial charge in [-0.15, -0.1) is 0 Å². The van der Waals surface area contributed by atoms with E-state index in [9.17, 15) is 18.0 Å². The van der Waals surface area contributed by atoms with E-state index < -0.39 is 17.2 Å². The molecule has 4 aliphatic rings. The third kappa shape index (κ3) is 4.52. The molecule has 10 heteroatoms. The molecule has 4 heterocycles. The Hall–Kier alpha value is -2.17. The number of carbonyl (C=O) groups excluding carboxylic acids is 1. The highest BCUT2D eigenvalue weighted by Gasteiger charge is 2.53. The number of hydrogen-bond donors (Lipinski definition) is 1. The Morgan fingerprint density at radius 2 is 2.11 bits per heavy atom. The highest BCUT2D eigenvalue weighted by atomic mass is 19.4. The zero-order valence-electron chi connectivity index (χ0n) is 21.0. The second kappa shape index (κ2) is 9.61. The first-order valence-corrected chi connectivity index (χ1v) is 12.8. The van der Waals surface area contributed by atoms with Crippen LogP contribution >= 0.6 is 0 Å². The van der Waals surface area contributed by atoms with E-state index in [1.54, 1.807) is 7.11 Å². The fraction of sp³-hybridized carbons (Fsp3) is 0.692. The van der Waals surface area contributed by atoms with Crippen molar-refractivity contribution >= 4 is 11.7 Å². The van der Waals surface area contributed by atoms with Crippen LogP contribution in [-0.2, 0) is 20.4 Å². The van der Waals surface area contributed by atoms with Crippen LogP contribution in [0.25, 0.3) is 0 Å². The van der Waals surface area contributed by atoms with Gasteiger partial charge in [-0.2, -0.15) is 13.2 Å². The van der Waals surface area contributed by atoms with Gasteiger partial charge in [0, 0.05) is 45.1 Å². The number of hydrogen-bond acceptors (Lipinski definition) is 6. The number of halogens is 3. The van der Waals surface area contributed by atoms with Gasteiger partial charge in [-0.25, -0.2) is 4.98 Å². The van der Waals surface area contributed by atoms with Crippen molar-refractivity contribution < 1.29 is 27.4 Å². The Labute approximate surface area is 210 Å². The van der Waals surface area contributed by atoms with E-state index in [0.29, 0.717) is 38.5 Å². The number of carbonyl (C=O) groups is 1. The molecule has 2 bridgehead atoms. The van der Waals surface area contributed by atoms with Gasteiger partial charge in [0.05, 0.1) is 35.8 Å². The molecule has 1 amide bonds. The lowest BCUT2D eigenvalue weighted by atomic mass is 9.74. The third-order valence-electron chi connectivity index (χ3n) is 8.52. The lowest BCUT2D eigenvalue weighted by Gasteiger charge is -2.41. The summed E-state index contributed by atoms with van der Waals surface area (Å²) in [6, 6.07) is 2.30. The number of ether oxygens (including phenoxy) is 2. The number of rotatable bonds is 6. The fourth-order valence-corrected chi connectivity index (χ4v) is 6.36. The quantitative estimate of drug-likeness (QED) is 0.596. The molecule has 3 aliphatic heterocycles. The summed E-state index contributed by atoms with van der Waals surface area (Å²) in [5.41, 5.74) is -1.30. The Morgan fingerprint density at radius 1 is 1.31 bits per heavy atom. The van der Waals surface area contributed by atoms with E-state index in [-0.39, 0.29) is 42.1 Å². The Balaban J connectivity index is 1.26. The molecule has 0 saturated carbocycles. The molecule has 7 nitrogen and oxygen atoms in total. The van der Waals surface area contributed by atoms with Gasteiger partial charge in [-0.1, -0.05) is 26.0 Å². The molecule has 198 valence electrons. The van der Waals surface area contributed by atoms with Gasteiger partial charge in [0.15, 0.2) is 0 Å². The summed E-state index contributed by atoms with van der Waals surface area (Å²) < 4.78 is 50.7. The molecule has 0 spiro atoms. The van der Waals surface area contributed by atoms with Crippen LogP contribution in [-0.4, -0.2) is 79.5 Å². The molecular formula is C26H35F3N4O3. The highest BCUT2D eigenvalue weighted by molar-refractivity contribution is 5.87. The lowest BCUT2D eigenvalue weighted by molar-refractivity contribution is -0.143. The molecule has 6 atom stereocenters. The van der Waals surface area contributed by atoms with E-state index in [2.05, 4.69) is 36.3 Å². The number of amides is 1. The second-order valence-electron chi connectivity index (χ2n) is 10.8. The van der Waals surface area contributed by atoms with Crippen LogP contribution in [0.1, 0.15) is 38.7 Å². The number of fused-ring (bicyclic) bond motifs is 2. The molecule has 1 aliphatic carbocycles. The van der Waals surface area contributed by atoms with Gasteiger partial charge in [0.25, 0.3) is 0 Å². The number of anilines is 1. The predicted molar refractivity (Wildman–Crippen MR) is 128 cm³/mol. The maximum Gasteiger partial charge on any atom is 0.416 e. The first kappa shape index (κ1) is 25.5. The molecule has 5 rings (SSSR count). The van der Waals surface area contributed by atoms with Gasteiger partial charge in [-0.3, -0.25) is 4.79 Å². The van der Waals surface area contributed by atoms with Gasteiger partial charge in [0.2, 0.25) is 5.91 Å². The van der Waals surface area contributed by atoms with Crippen LogP contribution in [0.3, 0.4) is 0 Å². The zero-order valence-corrected chi connectivity index (χ0v) is 21.0. The van der Waals surface area contributed by atoms with Crippen LogP contribution in [0.15, 0.2) is 30.5 Å². The molecule has 3 fully saturated rings. The van der Waals surface area contributed by atoms with Gasteiger partial charge in [-0.05, 0) is 37.3 Å². The minimum Gasteiger partial charge on any atom is -0.379 e. The number of nitrogens with zero attached hydrogens (tertiary/aromatic N) is 3. The second-order valence-corrected chi connectivity index (χ2v) is 10.8. The van der Waals surface area contributed by atoms with Crippen molar-refractivity contribution in [2.45, 2.75) is 69.6 Å². The summed E-state index contributed by atoms with van der Waals surface area (Å²) in [6.07, 6.45) is 3.29. The Morgan fingerprint density at radius 3 is 2.78 bits per heavy atom. The average molecular weight is 509 g/mol. The molecule has 1 N–H and O–H groups in total. The predicted octanol–water partition coefficient (Wildman–Crippen LogP) is 3.25. The van der Waals surface area contributed by atoms with Crippen molar-refractivity contribution in [2.24, 2.45) is 11.3 Å². The average Bonchev–Trinajstić information content (AvgIpc) is 3.58. The largest absolute Gasteiger partial charge is 0.416 e.